The molecule has 1 amide bonds. The lowest BCUT2D eigenvalue weighted by molar-refractivity contribution is 0.0797. The Hall–Kier alpha value is -2.81. The van der Waals surface area contributed by atoms with E-state index in [1.807, 2.05) is 6.92 Å². The van der Waals surface area contributed by atoms with Gasteiger partial charge in [-0.25, -0.2) is 9.67 Å². The van der Waals surface area contributed by atoms with Crippen molar-refractivity contribution in [1.82, 2.24) is 19.7 Å². The first kappa shape index (κ1) is 14.1. The van der Waals surface area contributed by atoms with Gasteiger partial charge in [0.2, 0.25) is 0 Å². The number of amides is 1. The molecule has 0 saturated heterocycles. The van der Waals surface area contributed by atoms with E-state index in [-0.39, 0.29) is 5.91 Å². The van der Waals surface area contributed by atoms with Gasteiger partial charge < -0.3 is 10.6 Å². The van der Waals surface area contributed by atoms with E-state index >= 15 is 0 Å². The number of nitrogens with two attached hydrogens (primary N) is 1. The lowest BCUT2D eigenvalue weighted by atomic mass is 10.1. The van der Waals surface area contributed by atoms with Gasteiger partial charge in [0.1, 0.15) is 0 Å². The van der Waals surface area contributed by atoms with Crippen LogP contribution in [0.5, 0.6) is 0 Å². The minimum Gasteiger partial charge on any atom is -0.397 e. The summed E-state index contributed by atoms with van der Waals surface area (Å²) in [5, 5.41) is 5.03. The Labute approximate surface area is 128 Å². The normalized spacial score (nSPS) is 13.1. The van der Waals surface area contributed by atoms with Crippen molar-refractivity contribution in [2.75, 3.05) is 12.3 Å². The van der Waals surface area contributed by atoms with Crippen molar-refractivity contribution >= 4 is 22.6 Å². The molecule has 0 saturated carbocycles. The third-order valence-corrected chi connectivity index (χ3v) is 3.72. The number of fused-ring (bicyclic) bond motifs is 2. The Morgan fingerprint density at radius 1 is 1.55 bits per heavy atom. The molecule has 3 rings (SSSR count). The summed E-state index contributed by atoms with van der Waals surface area (Å²) in [5.74, 6) is 5.77. The van der Waals surface area contributed by atoms with Crippen LogP contribution in [-0.4, -0.2) is 32.1 Å². The van der Waals surface area contributed by atoms with Crippen molar-refractivity contribution in [2.45, 2.75) is 26.4 Å². The third-order valence-electron chi connectivity index (χ3n) is 3.72. The first-order valence-electron chi connectivity index (χ1n) is 7.11. The lowest BCUT2D eigenvalue weighted by Gasteiger charge is -2.11. The molecule has 0 bridgehead atoms. The zero-order chi connectivity index (χ0) is 15.7. The highest BCUT2D eigenvalue weighted by Gasteiger charge is 2.32. The number of pyridine rings is 1. The van der Waals surface area contributed by atoms with Crippen LogP contribution in [0.15, 0.2) is 18.9 Å². The maximum Gasteiger partial charge on any atom is 0.258 e. The van der Waals surface area contributed by atoms with Crippen LogP contribution < -0.4 is 5.73 Å². The second kappa shape index (κ2) is 5.53. The monoisotopic (exact) mass is 295 g/mol. The van der Waals surface area contributed by atoms with Gasteiger partial charge in [-0.05, 0) is 6.92 Å². The minimum absolute atomic E-state index is 0.0913. The average molecular weight is 295 g/mol. The molecule has 0 aliphatic carbocycles. The summed E-state index contributed by atoms with van der Waals surface area (Å²) < 4.78 is 1.79. The van der Waals surface area contributed by atoms with Crippen molar-refractivity contribution in [3.8, 4) is 11.8 Å². The molecule has 6 heteroatoms. The second-order valence-corrected chi connectivity index (χ2v) is 5.10. The van der Waals surface area contributed by atoms with E-state index in [1.54, 1.807) is 21.9 Å². The van der Waals surface area contributed by atoms with E-state index in [2.05, 4.69) is 28.5 Å². The molecule has 0 spiro atoms. The van der Waals surface area contributed by atoms with Crippen LogP contribution in [0, 0.1) is 11.8 Å². The van der Waals surface area contributed by atoms with E-state index in [9.17, 15) is 4.79 Å². The van der Waals surface area contributed by atoms with Gasteiger partial charge in [-0.2, -0.15) is 5.10 Å². The largest absolute Gasteiger partial charge is 0.397 e. The predicted molar refractivity (Wildman–Crippen MR) is 84.9 cm³/mol. The van der Waals surface area contributed by atoms with Crippen LogP contribution in [0.3, 0.4) is 0 Å². The Morgan fingerprint density at radius 3 is 3.09 bits per heavy atom. The van der Waals surface area contributed by atoms with Crippen LogP contribution >= 0.6 is 0 Å². The van der Waals surface area contributed by atoms with Gasteiger partial charge in [0, 0.05) is 13.0 Å². The molecular weight excluding hydrogens is 278 g/mol. The van der Waals surface area contributed by atoms with Gasteiger partial charge in [0.05, 0.1) is 41.6 Å². The van der Waals surface area contributed by atoms with E-state index in [0.29, 0.717) is 48.6 Å². The van der Waals surface area contributed by atoms with Crippen molar-refractivity contribution in [1.29, 1.82) is 0 Å². The Balaban J connectivity index is 2.05. The average Bonchev–Trinajstić information content (AvgIpc) is 3.03. The van der Waals surface area contributed by atoms with E-state index in [1.165, 1.54) is 0 Å². The summed E-state index contributed by atoms with van der Waals surface area (Å²) in [6.45, 7) is 7.08. The van der Waals surface area contributed by atoms with Gasteiger partial charge in [-0.3, -0.25) is 4.79 Å². The van der Waals surface area contributed by atoms with Gasteiger partial charge >= 0.3 is 0 Å². The molecular formula is C16H17N5O. The number of aryl methyl sites for hydroxylation is 1. The van der Waals surface area contributed by atoms with Crippen LogP contribution in [-0.2, 0) is 13.1 Å². The molecule has 3 heterocycles. The Kier molecular flexibility index (Phi) is 3.55. The number of hydrogen-bond donors (Lipinski definition) is 1. The molecule has 0 aromatic carbocycles. The summed E-state index contributed by atoms with van der Waals surface area (Å²) in [6.07, 6.45) is 4.07. The van der Waals surface area contributed by atoms with E-state index in [0.717, 1.165) is 5.39 Å². The van der Waals surface area contributed by atoms with Gasteiger partial charge in [-0.15, -0.1) is 18.4 Å². The third kappa shape index (κ3) is 2.11. The summed E-state index contributed by atoms with van der Waals surface area (Å²) in [7, 11) is 0. The number of anilines is 1. The highest BCUT2D eigenvalue weighted by Crippen LogP contribution is 2.31. The van der Waals surface area contributed by atoms with Crippen LogP contribution in [0.1, 0.15) is 29.4 Å². The topological polar surface area (TPSA) is 77.0 Å². The van der Waals surface area contributed by atoms with Crippen molar-refractivity contribution in [3.63, 3.8) is 0 Å². The summed E-state index contributed by atoms with van der Waals surface area (Å²) in [5.41, 5.74) is 8.58. The molecule has 6 nitrogen and oxygen atoms in total. The molecule has 0 fully saturated rings. The Morgan fingerprint density at radius 2 is 2.36 bits per heavy atom. The number of aromatic nitrogens is 3. The molecule has 0 atom stereocenters. The van der Waals surface area contributed by atoms with Crippen molar-refractivity contribution in [3.05, 3.63) is 30.1 Å². The molecule has 0 unspecified atom stereocenters. The maximum atomic E-state index is 12.4. The zero-order valence-electron chi connectivity index (χ0n) is 12.5. The fourth-order valence-electron chi connectivity index (χ4n) is 2.68. The highest BCUT2D eigenvalue weighted by molar-refractivity contribution is 6.08. The number of carbonyl (C=O) groups is 1. The van der Waals surface area contributed by atoms with Gasteiger partial charge in [-0.1, -0.05) is 6.08 Å². The smallest absolute Gasteiger partial charge is 0.258 e. The molecule has 1 aliphatic heterocycles. The van der Waals surface area contributed by atoms with Gasteiger partial charge in [0.25, 0.3) is 5.91 Å². The molecule has 112 valence electrons. The summed E-state index contributed by atoms with van der Waals surface area (Å²) in [6, 6.07) is 0. The fourth-order valence-corrected chi connectivity index (χ4v) is 2.68. The quantitative estimate of drug-likeness (QED) is 0.686. The fraction of sp³-hybridized carbons (Fsp3) is 0.312. The Bertz CT molecular complexity index is 824. The van der Waals surface area contributed by atoms with Crippen LogP contribution in [0.25, 0.3) is 11.0 Å². The molecule has 2 N–H and O–H groups in total. The van der Waals surface area contributed by atoms with Crippen molar-refractivity contribution in [2.24, 2.45) is 0 Å². The highest BCUT2D eigenvalue weighted by atomic mass is 16.2. The maximum absolute atomic E-state index is 12.4. The first-order valence-corrected chi connectivity index (χ1v) is 7.11. The number of hydrogen-bond acceptors (Lipinski definition) is 4. The standard InChI is InChI=1S/C16H17N5O/c1-3-5-6-8-21-15-11(9-18-21)14(17)13-12(19-15)10-20(7-4-2)16(13)22/h4,9H,2,6-8,10H2,1H3,(H2,17,19). The minimum atomic E-state index is -0.0913. The number of rotatable bonds is 4. The first-order chi connectivity index (χ1) is 10.7. The van der Waals surface area contributed by atoms with Crippen LogP contribution in [0.2, 0.25) is 0 Å². The van der Waals surface area contributed by atoms with Crippen molar-refractivity contribution < 1.29 is 4.79 Å². The number of nitrogens with zero attached hydrogens (tertiary/aromatic N) is 4. The molecule has 1 aliphatic rings. The second-order valence-electron chi connectivity index (χ2n) is 5.10. The summed E-state index contributed by atoms with van der Waals surface area (Å²) in [4.78, 5) is 18.7. The van der Waals surface area contributed by atoms with E-state index < -0.39 is 0 Å². The molecule has 22 heavy (non-hydrogen) atoms. The molecule has 2 aromatic rings. The lowest BCUT2D eigenvalue weighted by Crippen LogP contribution is -2.24. The molecule has 0 radical (unpaired) electrons. The zero-order valence-corrected chi connectivity index (χ0v) is 12.5. The van der Waals surface area contributed by atoms with Crippen LogP contribution in [0.4, 0.5) is 5.69 Å². The van der Waals surface area contributed by atoms with E-state index in [4.69, 9.17) is 5.73 Å². The predicted octanol–water partition coefficient (Wildman–Crippen LogP) is 1.57. The number of nitrogen functional groups attached to an aromatic ring is 1. The SMILES string of the molecule is C=CCN1Cc2nc3c(cnn3CCC#CC)c(N)c2C1=O. The summed E-state index contributed by atoms with van der Waals surface area (Å²) >= 11 is 0. The molecule has 2 aromatic heterocycles. The van der Waals surface area contributed by atoms with Gasteiger partial charge in [0.15, 0.2) is 5.65 Å². The number of carbonyl (C=O) groups excluding carboxylic acids is 1.